The Bertz CT molecular complexity index is 765. The molecule has 3 heterocycles. The first-order chi connectivity index (χ1) is 14.3. The molecule has 1 amide bonds. The average Bonchev–Trinajstić information content (AvgIpc) is 3.27. The molecular weight excluding hydrogens is 364 g/mol. The van der Waals surface area contributed by atoms with E-state index in [4.69, 9.17) is 4.74 Å². The maximum atomic E-state index is 13.0. The molecule has 1 N–H and O–H groups in total. The molecule has 1 aliphatic heterocycles. The number of pyridine rings is 2. The maximum Gasteiger partial charge on any atom is 0.224 e. The summed E-state index contributed by atoms with van der Waals surface area (Å²) in [4.78, 5) is 23.6. The molecule has 6 heteroatoms. The van der Waals surface area contributed by atoms with Gasteiger partial charge in [-0.15, -0.1) is 0 Å². The molecule has 0 spiro atoms. The summed E-state index contributed by atoms with van der Waals surface area (Å²) in [5.74, 6) is 1.31. The number of nitrogens with one attached hydrogen (secondary N) is 1. The van der Waals surface area contributed by atoms with Crippen LogP contribution in [0, 0.1) is 11.8 Å². The number of amides is 1. The second kappa shape index (κ2) is 9.83. The Morgan fingerprint density at radius 1 is 1.10 bits per heavy atom. The molecule has 29 heavy (non-hydrogen) atoms. The fourth-order valence-corrected chi connectivity index (χ4v) is 4.52. The molecule has 0 aromatic carbocycles. The summed E-state index contributed by atoms with van der Waals surface area (Å²) in [6.07, 6.45) is 12.7. The lowest BCUT2D eigenvalue weighted by Crippen LogP contribution is -2.48. The molecule has 154 valence electrons. The highest BCUT2D eigenvalue weighted by molar-refractivity contribution is 5.79. The molecule has 2 aliphatic rings. The van der Waals surface area contributed by atoms with Gasteiger partial charge >= 0.3 is 0 Å². The number of rotatable bonds is 7. The zero-order valence-corrected chi connectivity index (χ0v) is 16.9. The van der Waals surface area contributed by atoms with Gasteiger partial charge in [-0.2, -0.15) is 0 Å². The highest BCUT2D eigenvalue weighted by Crippen LogP contribution is 2.26. The van der Waals surface area contributed by atoms with Crippen molar-refractivity contribution in [2.75, 3.05) is 19.7 Å². The molecule has 2 aromatic rings. The SMILES string of the molecule is O=C(NC1CCCC1)[C@@H]1C[C@H](COc2cccnc2)CN(Cc2ccncc2)C1. The van der Waals surface area contributed by atoms with Gasteiger partial charge in [0.05, 0.1) is 18.7 Å². The predicted octanol–water partition coefficient (Wildman–Crippen LogP) is 3.05. The predicted molar refractivity (Wildman–Crippen MR) is 111 cm³/mol. The summed E-state index contributed by atoms with van der Waals surface area (Å²) in [6.45, 7) is 3.16. The third-order valence-corrected chi connectivity index (χ3v) is 5.96. The fraction of sp³-hybridized carbons (Fsp3) is 0.522. The van der Waals surface area contributed by atoms with Crippen LogP contribution in [0.5, 0.6) is 5.75 Å². The van der Waals surface area contributed by atoms with Gasteiger partial charge in [0.25, 0.3) is 0 Å². The van der Waals surface area contributed by atoms with E-state index in [1.54, 1.807) is 12.4 Å². The minimum absolute atomic E-state index is 0.00804. The molecule has 2 fully saturated rings. The van der Waals surface area contributed by atoms with Gasteiger partial charge in [-0.1, -0.05) is 12.8 Å². The molecule has 1 saturated heterocycles. The van der Waals surface area contributed by atoms with E-state index >= 15 is 0 Å². The van der Waals surface area contributed by atoms with Crippen LogP contribution in [-0.4, -0.2) is 46.5 Å². The summed E-state index contributed by atoms with van der Waals surface area (Å²) in [6, 6.07) is 8.26. The third kappa shape index (κ3) is 5.76. The first-order valence-electron chi connectivity index (χ1n) is 10.7. The van der Waals surface area contributed by atoms with Crippen LogP contribution >= 0.6 is 0 Å². The summed E-state index contributed by atoms with van der Waals surface area (Å²) in [5.41, 5.74) is 1.23. The molecule has 6 nitrogen and oxygen atoms in total. The quantitative estimate of drug-likeness (QED) is 0.782. The minimum atomic E-state index is 0.00804. The van der Waals surface area contributed by atoms with E-state index in [-0.39, 0.29) is 11.8 Å². The Kier molecular flexibility index (Phi) is 6.72. The topological polar surface area (TPSA) is 67.3 Å². The van der Waals surface area contributed by atoms with E-state index < -0.39 is 0 Å². The first-order valence-corrected chi connectivity index (χ1v) is 10.7. The molecule has 0 unspecified atom stereocenters. The van der Waals surface area contributed by atoms with Crippen molar-refractivity contribution in [2.45, 2.75) is 44.7 Å². The van der Waals surface area contributed by atoms with E-state index in [1.807, 2.05) is 36.7 Å². The Morgan fingerprint density at radius 2 is 1.93 bits per heavy atom. The van der Waals surface area contributed by atoms with Crippen molar-refractivity contribution in [1.29, 1.82) is 0 Å². The van der Waals surface area contributed by atoms with Crippen LogP contribution in [0.15, 0.2) is 49.1 Å². The van der Waals surface area contributed by atoms with Crippen LogP contribution in [0.25, 0.3) is 0 Å². The molecular formula is C23H30N4O2. The zero-order chi connectivity index (χ0) is 19.9. The Morgan fingerprint density at radius 3 is 2.69 bits per heavy atom. The van der Waals surface area contributed by atoms with E-state index in [2.05, 4.69) is 20.2 Å². The number of ether oxygens (including phenoxy) is 1. The average molecular weight is 395 g/mol. The summed E-state index contributed by atoms with van der Waals surface area (Å²) < 4.78 is 5.97. The van der Waals surface area contributed by atoms with Crippen LogP contribution in [0.4, 0.5) is 0 Å². The second-order valence-corrected chi connectivity index (χ2v) is 8.34. The van der Waals surface area contributed by atoms with Crippen LogP contribution in [0.2, 0.25) is 0 Å². The number of nitrogens with zero attached hydrogens (tertiary/aromatic N) is 3. The monoisotopic (exact) mass is 394 g/mol. The van der Waals surface area contributed by atoms with Gasteiger partial charge in [0, 0.05) is 50.2 Å². The van der Waals surface area contributed by atoms with Crippen LogP contribution in [0.3, 0.4) is 0 Å². The fourth-order valence-electron chi connectivity index (χ4n) is 4.52. The minimum Gasteiger partial charge on any atom is -0.492 e. The van der Waals surface area contributed by atoms with Crippen molar-refractivity contribution in [3.05, 3.63) is 54.6 Å². The standard InChI is InChI=1S/C23H30N4O2/c28-23(26-21-4-1-2-5-21)20-12-19(17-29-22-6-3-9-25-13-22)15-27(16-20)14-18-7-10-24-11-8-18/h3,6-11,13,19-21H,1-2,4-5,12,14-17H2,(H,26,28)/t19-,20+/m0/s1. The van der Waals surface area contributed by atoms with E-state index in [1.165, 1.54) is 18.4 Å². The lowest BCUT2D eigenvalue weighted by atomic mass is 9.88. The van der Waals surface area contributed by atoms with Crippen molar-refractivity contribution < 1.29 is 9.53 Å². The van der Waals surface area contributed by atoms with Gasteiger partial charge < -0.3 is 10.1 Å². The number of aromatic nitrogens is 2. The summed E-state index contributed by atoms with van der Waals surface area (Å²) in [7, 11) is 0. The van der Waals surface area contributed by atoms with E-state index in [9.17, 15) is 4.79 Å². The molecule has 4 rings (SSSR count). The molecule has 0 bridgehead atoms. The Labute approximate surface area is 172 Å². The lowest BCUT2D eigenvalue weighted by Gasteiger charge is -2.37. The van der Waals surface area contributed by atoms with Crippen molar-refractivity contribution >= 4 is 5.91 Å². The van der Waals surface area contributed by atoms with Crippen molar-refractivity contribution in [3.63, 3.8) is 0 Å². The number of piperidine rings is 1. The largest absolute Gasteiger partial charge is 0.492 e. The third-order valence-electron chi connectivity index (χ3n) is 5.96. The van der Waals surface area contributed by atoms with Gasteiger partial charge in [0.1, 0.15) is 5.75 Å². The smallest absolute Gasteiger partial charge is 0.224 e. The molecule has 2 aromatic heterocycles. The number of carbonyl (C=O) groups is 1. The highest BCUT2D eigenvalue weighted by Gasteiger charge is 2.33. The van der Waals surface area contributed by atoms with Gasteiger partial charge in [0.2, 0.25) is 5.91 Å². The number of likely N-dealkylation sites (tertiary alicyclic amines) is 1. The Hall–Kier alpha value is -2.47. The second-order valence-electron chi connectivity index (χ2n) is 8.34. The summed E-state index contributed by atoms with van der Waals surface area (Å²) >= 11 is 0. The summed E-state index contributed by atoms with van der Waals surface area (Å²) in [5, 5.41) is 3.30. The lowest BCUT2D eigenvalue weighted by molar-refractivity contribution is -0.128. The number of hydrogen-bond donors (Lipinski definition) is 1. The highest BCUT2D eigenvalue weighted by atomic mass is 16.5. The zero-order valence-electron chi connectivity index (χ0n) is 16.9. The van der Waals surface area contributed by atoms with Crippen LogP contribution in [0.1, 0.15) is 37.7 Å². The number of carbonyl (C=O) groups excluding carboxylic acids is 1. The van der Waals surface area contributed by atoms with Gasteiger partial charge in [0.15, 0.2) is 0 Å². The Balaban J connectivity index is 1.40. The molecule has 2 atom stereocenters. The number of hydrogen-bond acceptors (Lipinski definition) is 5. The van der Waals surface area contributed by atoms with Crippen molar-refractivity contribution in [3.8, 4) is 5.75 Å². The normalized spacial score (nSPS) is 23.0. The molecule has 1 saturated carbocycles. The maximum absolute atomic E-state index is 13.0. The first kappa shape index (κ1) is 19.8. The van der Waals surface area contributed by atoms with Crippen LogP contribution < -0.4 is 10.1 Å². The van der Waals surface area contributed by atoms with E-state index in [0.717, 1.165) is 44.6 Å². The van der Waals surface area contributed by atoms with Gasteiger partial charge in [-0.05, 0) is 49.1 Å². The van der Waals surface area contributed by atoms with Crippen LogP contribution in [-0.2, 0) is 11.3 Å². The molecule has 1 aliphatic carbocycles. The van der Waals surface area contributed by atoms with Crippen molar-refractivity contribution in [1.82, 2.24) is 20.2 Å². The van der Waals surface area contributed by atoms with Gasteiger partial charge in [-0.25, -0.2) is 0 Å². The molecule has 0 radical (unpaired) electrons. The van der Waals surface area contributed by atoms with Crippen molar-refractivity contribution in [2.24, 2.45) is 11.8 Å². The van der Waals surface area contributed by atoms with E-state index in [0.29, 0.717) is 18.6 Å². The van der Waals surface area contributed by atoms with Gasteiger partial charge in [-0.3, -0.25) is 19.7 Å².